The first kappa shape index (κ1) is 25.5. The molecular weight excluding hydrogens is 490 g/mol. The van der Waals surface area contributed by atoms with E-state index in [0.717, 1.165) is 81.8 Å². The van der Waals surface area contributed by atoms with Gasteiger partial charge in [0.1, 0.15) is 5.69 Å². The minimum Gasteiger partial charge on any atom is -0.378 e. The summed E-state index contributed by atoms with van der Waals surface area (Å²) in [6.45, 7) is 7.19. The van der Waals surface area contributed by atoms with Crippen LogP contribution in [0.2, 0.25) is 0 Å². The molecule has 4 heterocycles. The van der Waals surface area contributed by atoms with Gasteiger partial charge in [-0.3, -0.25) is 4.90 Å². The summed E-state index contributed by atoms with van der Waals surface area (Å²) in [5.74, 6) is 2.28. The maximum atomic E-state index is 5.47. The van der Waals surface area contributed by atoms with Crippen LogP contribution in [-0.2, 0) is 11.3 Å². The van der Waals surface area contributed by atoms with Crippen LogP contribution in [0.1, 0.15) is 18.4 Å². The van der Waals surface area contributed by atoms with Crippen molar-refractivity contribution >= 4 is 40.3 Å². The van der Waals surface area contributed by atoms with Crippen molar-refractivity contribution in [3.05, 3.63) is 54.1 Å². The molecule has 0 unspecified atom stereocenters. The smallest absolute Gasteiger partial charge is 0.231 e. The molecule has 1 aromatic heterocycles. The molecule has 10 heteroatoms. The number of fused-ring (bicyclic) bond motifs is 1. The molecule has 0 spiro atoms. The van der Waals surface area contributed by atoms with Gasteiger partial charge < -0.3 is 35.8 Å². The third kappa shape index (κ3) is 6.12. The first-order chi connectivity index (χ1) is 19.1. The lowest BCUT2D eigenvalue weighted by Gasteiger charge is -2.33. The number of piperidine rings is 1. The van der Waals surface area contributed by atoms with Crippen molar-refractivity contribution < 1.29 is 4.74 Å². The van der Waals surface area contributed by atoms with Gasteiger partial charge >= 0.3 is 0 Å². The van der Waals surface area contributed by atoms with Crippen LogP contribution in [0.25, 0.3) is 0 Å². The van der Waals surface area contributed by atoms with E-state index in [-0.39, 0.29) is 0 Å². The van der Waals surface area contributed by atoms with E-state index in [2.05, 4.69) is 98.6 Å². The molecule has 4 N–H and O–H groups in total. The van der Waals surface area contributed by atoms with Crippen molar-refractivity contribution in [3.63, 3.8) is 0 Å². The SMILES string of the molecule is CN(C)c1ccc(CN2CCC(Nc3nc(Nc4ccc(N5CCOCC5)cc4)nc4c3NCN4)CC2)cc1. The molecule has 0 radical (unpaired) electrons. The van der Waals surface area contributed by atoms with Crippen LogP contribution in [0.4, 0.5) is 40.3 Å². The Morgan fingerprint density at radius 2 is 1.67 bits per heavy atom. The number of benzene rings is 2. The van der Waals surface area contributed by atoms with Crippen molar-refractivity contribution in [1.29, 1.82) is 0 Å². The quantitative estimate of drug-likeness (QED) is 0.343. The Bertz CT molecular complexity index is 1230. The second-order valence-corrected chi connectivity index (χ2v) is 10.7. The molecule has 0 bridgehead atoms. The van der Waals surface area contributed by atoms with E-state index in [1.54, 1.807) is 0 Å². The molecule has 3 aliphatic rings. The van der Waals surface area contributed by atoms with Crippen LogP contribution in [0.5, 0.6) is 0 Å². The molecule has 2 aromatic carbocycles. The van der Waals surface area contributed by atoms with Gasteiger partial charge in [0, 0.05) is 69.9 Å². The number of nitrogens with zero attached hydrogens (tertiary/aromatic N) is 5. The summed E-state index contributed by atoms with van der Waals surface area (Å²) >= 11 is 0. The van der Waals surface area contributed by atoms with Gasteiger partial charge in [0.15, 0.2) is 11.6 Å². The summed E-state index contributed by atoms with van der Waals surface area (Å²) in [5.41, 5.74) is 5.73. The van der Waals surface area contributed by atoms with Crippen molar-refractivity contribution in [3.8, 4) is 0 Å². The summed E-state index contributed by atoms with van der Waals surface area (Å²) in [6, 6.07) is 17.7. The van der Waals surface area contributed by atoms with E-state index in [0.29, 0.717) is 18.7 Å². The van der Waals surface area contributed by atoms with E-state index in [1.807, 2.05) is 0 Å². The minimum atomic E-state index is 0.374. The molecule has 2 fully saturated rings. The fraction of sp³-hybridized carbons (Fsp3) is 0.448. The Balaban J connectivity index is 1.07. The van der Waals surface area contributed by atoms with Crippen molar-refractivity contribution in [1.82, 2.24) is 14.9 Å². The van der Waals surface area contributed by atoms with E-state index in [1.165, 1.54) is 16.9 Å². The number of anilines is 7. The Kier molecular flexibility index (Phi) is 7.55. The molecule has 0 atom stereocenters. The van der Waals surface area contributed by atoms with Crippen molar-refractivity contribution in [2.75, 3.05) is 91.2 Å². The largest absolute Gasteiger partial charge is 0.378 e. The fourth-order valence-electron chi connectivity index (χ4n) is 5.43. The highest BCUT2D eigenvalue weighted by Gasteiger charge is 2.24. The van der Waals surface area contributed by atoms with Crippen molar-refractivity contribution in [2.24, 2.45) is 0 Å². The molecule has 39 heavy (non-hydrogen) atoms. The molecule has 0 amide bonds. The minimum absolute atomic E-state index is 0.374. The zero-order valence-corrected chi connectivity index (χ0v) is 22.9. The molecule has 6 rings (SSSR count). The third-order valence-electron chi connectivity index (χ3n) is 7.72. The zero-order valence-electron chi connectivity index (χ0n) is 22.9. The highest BCUT2D eigenvalue weighted by molar-refractivity contribution is 5.82. The van der Waals surface area contributed by atoms with Gasteiger partial charge in [-0.1, -0.05) is 12.1 Å². The van der Waals surface area contributed by atoms with E-state index < -0.39 is 0 Å². The van der Waals surface area contributed by atoms with E-state index >= 15 is 0 Å². The second kappa shape index (κ2) is 11.5. The Morgan fingerprint density at radius 1 is 0.923 bits per heavy atom. The molecule has 3 aliphatic heterocycles. The van der Waals surface area contributed by atoms with Crippen LogP contribution in [0.15, 0.2) is 48.5 Å². The predicted molar refractivity (Wildman–Crippen MR) is 160 cm³/mol. The van der Waals surface area contributed by atoms with Crippen molar-refractivity contribution in [2.45, 2.75) is 25.4 Å². The van der Waals surface area contributed by atoms with E-state index in [9.17, 15) is 0 Å². The summed E-state index contributed by atoms with van der Waals surface area (Å²) < 4.78 is 5.47. The Morgan fingerprint density at radius 3 is 2.38 bits per heavy atom. The highest BCUT2D eigenvalue weighted by Crippen LogP contribution is 2.34. The maximum absolute atomic E-state index is 5.47. The van der Waals surface area contributed by atoms with Gasteiger partial charge in [-0.25, -0.2) is 0 Å². The number of nitrogens with one attached hydrogen (secondary N) is 4. The molecule has 3 aromatic rings. The van der Waals surface area contributed by atoms with Crippen LogP contribution in [-0.4, -0.2) is 81.1 Å². The lowest BCUT2D eigenvalue weighted by atomic mass is 10.0. The molecule has 2 saturated heterocycles. The number of ether oxygens (including phenoxy) is 1. The van der Waals surface area contributed by atoms with Gasteiger partial charge in [0.05, 0.1) is 19.9 Å². The van der Waals surface area contributed by atoms with Crippen LogP contribution in [0.3, 0.4) is 0 Å². The summed E-state index contributed by atoms with van der Waals surface area (Å²) in [6.07, 6.45) is 2.15. The number of hydrogen-bond donors (Lipinski definition) is 4. The monoisotopic (exact) mass is 529 g/mol. The lowest BCUT2D eigenvalue weighted by Crippen LogP contribution is -2.38. The summed E-state index contributed by atoms with van der Waals surface area (Å²) in [7, 11) is 4.16. The topological polar surface area (TPSA) is 92.9 Å². The van der Waals surface area contributed by atoms with Gasteiger partial charge in [0.25, 0.3) is 0 Å². The molecular formula is C29H39N9O. The Labute approximate surface area is 230 Å². The standard InChI is InChI=1S/C29H39N9O/c1-36(2)24-7-3-21(4-8-24)19-37-13-11-23(12-14-37)32-28-26-27(31-20-30-26)34-29(35-28)33-22-5-9-25(10-6-22)38-15-17-39-18-16-38/h3-10,23,30H,11-20H2,1-2H3,(H3,31,32,33,34,35). The average Bonchev–Trinajstić information content (AvgIpc) is 3.44. The molecule has 10 nitrogen and oxygen atoms in total. The fourth-order valence-corrected chi connectivity index (χ4v) is 5.43. The van der Waals surface area contributed by atoms with Gasteiger partial charge in [-0.05, 0) is 54.8 Å². The lowest BCUT2D eigenvalue weighted by molar-refractivity contribution is 0.122. The summed E-state index contributed by atoms with van der Waals surface area (Å²) in [4.78, 5) is 16.6. The predicted octanol–water partition coefficient (Wildman–Crippen LogP) is 3.99. The molecule has 206 valence electrons. The van der Waals surface area contributed by atoms with E-state index in [4.69, 9.17) is 14.7 Å². The highest BCUT2D eigenvalue weighted by atomic mass is 16.5. The number of aromatic nitrogens is 2. The second-order valence-electron chi connectivity index (χ2n) is 10.7. The number of likely N-dealkylation sites (tertiary alicyclic amines) is 1. The number of rotatable bonds is 8. The average molecular weight is 530 g/mol. The maximum Gasteiger partial charge on any atom is 0.231 e. The molecule has 0 saturated carbocycles. The normalized spacial score (nSPS) is 17.7. The van der Waals surface area contributed by atoms with Gasteiger partial charge in [-0.2, -0.15) is 9.97 Å². The Hall–Kier alpha value is -3.76. The van der Waals surface area contributed by atoms with Gasteiger partial charge in [-0.15, -0.1) is 0 Å². The van der Waals surface area contributed by atoms with Gasteiger partial charge in [0.2, 0.25) is 5.95 Å². The summed E-state index contributed by atoms with van der Waals surface area (Å²) in [5, 5.41) is 13.8. The first-order valence-electron chi connectivity index (χ1n) is 14.0. The zero-order chi connectivity index (χ0) is 26.6. The molecule has 0 aliphatic carbocycles. The first-order valence-corrected chi connectivity index (χ1v) is 14.0. The number of hydrogen-bond acceptors (Lipinski definition) is 10. The third-order valence-corrected chi connectivity index (χ3v) is 7.72. The van der Waals surface area contributed by atoms with Crippen LogP contribution in [0, 0.1) is 0 Å². The number of morpholine rings is 1. The van der Waals surface area contributed by atoms with Crippen LogP contribution >= 0.6 is 0 Å². The van der Waals surface area contributed by atoms with Crippen LogP contribution < -0.4 is 31.1 Å².